The zero-order chi connectivity index (χ0) is 17.3. The summed E-state index contributed by atoms with van der Waals surface area (Å²) in [5.74, 6) is -0.0839. The summed E-state index contributed by atoms with van der Waals surface area (Å²) in [7, 11) is 0. The van der Waals surface area contributed by atoms with E-state index in [1.807, 2.05) is 42.2 Å². The number of likely N-dealkylation sites (tertiary alicyclic amines) is 1. The number of amides is 2. The van der Waals surface area contributed by atoms with E-state index in [-0.39, 0.29) is 29.8 Å². The second-order valence-corrected chi connectivity index (χ2v) is 8.15. The van der Waals surface area contributed by atoms with Gasteiger partial charge in [0.2, 0.25) is 11.8 Å². The van der Waals surface area contributed by atoms with Crippen molar-refractivity contribution in [3.05, 3.63) is 35.9 Å². The van der Waals surface area contributed by atoms with Gasteiger partial charge in [-0.05, 0) is 37.2 Å². The number of hydrogen-bond donors (Lipinski definition) is 1. The number of carbonyl (C=O) groups is 2. The van der Waals surface area contributed by atoms with Crippen molar-refractivity contribution in [3.8, 4) is 0 Å². The maximum absolute atomic E-state index is 12.6. The summed E-state index contributed by atoms with van der Waals surface area (Å²) in [5, 5.41) is 3.18. The molecule has 1 aliphatic carbocycles. The van der Waals surface area contributed by atoms with Crippen LogP contribution in [0.2, 0.25) is 0 Å². The third-order valence-electron chi connectivity index (χ3n) is 5.59. The second kappa shape index (κ2) is 6.58. The minimum atomic E-state index is -0.215. The number of benzene rings is 1. The van der Waals surface area contributed by atoms with Crippen molar-refractivity contribution in [2.45, 2.75) is 58.5 Å². The van der Waals surface area contributed by atoms with Gasteiger partial charge in [0.15, 0.2) is 0 Å². The van der Waals surface area contributed by atoms with E-state index in [9.17, 15) is 9.59 Å². The van der Waals surface area contributed by atoms with Crippen LogP contribution in [0.4, 0.5) is 0 Å². The number of hydrogen-bond acceptors (Lipinski definition) is 2. The molecule has 1 saturated heterocycles. The molecular weight excluding hydrogens is 300 g/mol. The molecule has 3 rings (SSSR count). The Morgan fingerprint density at radius 2 is 2.00 bits per heavy atom. The van der Waals surface area contributed by atoms with E-state index >= 15 is 0 Å². The zero-order valence-electron chi connectivity index (χ0n) is 14.9. The van der Waals surface area contributed by atoms with E-state index in [2.05, 4.69) is 19.2 Å². The highest BCUT2D eigenvalue weighted by atomic mass is 16.2. The van der Waals surface area contributed by atoms with Crippen LogP contribution in [-0.4, -0.2) is 29.3 Å². The van der Waals surface area contributed by atoms with Crippen LogP contribution >= 0.6 is 0 Å². The molecule has 130 valence electrons. The Hall–Kier alpha value is -1.84. The topological polar surface area (TPSA) is 49.4 Å². The molecule has 2 aliphatic rings. The minimum Gasteiger partial charge on any atom is -0.353 e. The van der Waals surface area contributed by atoms with Crippen LogP contribution in [0.5, 0.6) is 0 Å². The molecule has 4 heteroatoms. The molecule has 0 radical (unpaired) electrons. The lowest BCUT2D eigenvalue weighted by atomic mass is 9.92. The maximum atomic E-state index is 12.6. The number of nitrogens with zero attached hydrogens (tertiary/aromatic N) is 1. The van der Waals surface area contributed by atoms with Crippen molar-refractivity contribution >= 4 is 11.8 Å². The highest BCUT2D eigenvalue weighted by Gasteiger charge is 2.39. The minimum absolute atomic E-state index is 0.0157. The fourth-order valence-electron chi connectivity index (χ4n) is 4.07. The molecule has 0 spiro atoms. The third-order valence-corrected chi connectivity index (χ3v) is 5.59. The van der Waals surface area contributed by atoms with E-state index in [0.29, 0.717) is 18.4 Å². The predicted molar refractivity (Wildman–Crippen MR) is 94.2 cm³/mol. The van der Waals surface area contributed by atoms with E-state index in [4.69, 9.17) is 0 Å². The predicted octanol–water partition coefficient (Wildman–Crippen LogP) is 3.29. The normalized spacial score (nSPS) is 27.3. The van der Waals surface area contributed by atoms with Crippen molar-refractivity contribution in [2.24, 2.45) is 11.3 Å². The molecule has 1 N–H and O–H groups in total. The van der Waals surface area contributed by atoms with Gasteiger partial charge in [-0.15, -0.1) is 0 Å². The van der Waals surface area contributed by atoms with Crippen molar-refractivity contribution < 1.29 is 9.59 Å². The zero-order valence-corrected chi connectivity index (χ0v) is 14.9. The van der Waals surface area contributed by atoms with Crippen molar-refractivity contribution in [2.75, 3.05) is 6.54 Å². The van der Waals surface area contributed by atoms with Crippen LogP contribution in [0.3, 0.4) is 0 Å². The molecule has 1 saturated carbocycles. The molecule has 0 bridgehead atoms. The van der Waals surface area contributed by atoms with Crippen LogP contribution in [-0.2, 0) is 9.59 Å². The summed E-state index contributed by atoms with van der Waals surface area (Å²) in [6.45, 7) is 7.06. The average Bonchev–Trinajstić information content (AvgIpc) is 3.10. The molecule has 1 aromatic carbocycles. The molecule has 1 aliphatic heterocycles. The lowest BCUT2D eigenvalue weighted by Crippen LogP contribution is -2.39. The van der Waals surface area contributed by atoms with E-state index in [1.54, 1.807) is 0 Å². The molecule has 2 fully saturated rings. The van der Waals surface area contributed by atoms with Crippen LogP contribution in [0.1, 0.15) is 58.1 Å². The molecule has 1 aromatic rings. The van der Waals surface area contributed by atoms with Gasteiger partial charge in [-0.1, -0.05) is 44.2 Å². The first-order valence-electron chi connectivity index (χ1n) is 9.00. The summed E-state index contributed by atoms with van der Waals surface area (Å²) < 4.78 is 0. The summed E-state index contributed by atoms with van der Waals surface area (Å²) >= 11 is 0. The Bertz CT molecular complexity index is 611. The number of rotatable bonds is 4. The lowest BCUT2D eigenvalue weighted by molar-refractivity contribution is -0.130. The molecule has 1 heterocycles. The summed E-state index contributed by atoms with van der Waals surface area (Å²) in [4.78, 5) is 26.8. The fraction of sp³-hybridized carbons (Fsp3) is 0.600. The average molecular weight is 328 g/mol. The first-order chi connectivity index (χ1) is 11.4. The van der Waals surface area contributed by atoms with Crippen LogP contribution in [0, 0.1) is 11.3 Å². The third kappa shape index (κ3) is 3.63. The Labute approximate surface area is 144 Å². The highest BCUT2D eigenvalue weighted by Crippen LogP contribution is 2.37. The molecule has 3 atom stereocenters. The SMILES string of the molecule is CC(c1ccccc1)N1CC(C(=O)NC2CCC(C)(C)C2)CC1=O. The monoisotopic (exact) mass is 328 g/mol. The summed E-state index contributed by atoms with van der Waals surface area (Å²) in [5.41, 5.74) is 1.43. The smallest absolute Gasteiger partial charge is 0.225 e. The second-order valence-electron chi connectivity index (χ2n) is 8.15. The summed E-state index contributed by atoms with van der Waals surface area (Å²) in [6.07, 6.45) is 3.56. The maximum Gasteiger partial charge on any atom is 0.225 e. The van der Waals surface area contributed by atoms with Gasteiger partial charge < -0.3 is 10.2 Å². The quantitative estimate of drug-likeness (QED) is 0.922. The molecule has 4 nitrogen and oxygen atoms in total. The van der Waals surface area contributed by atoms with Gasteiger partial charge in [0.1, 0.15) is 0 Å². The van der Waals surface area contributed by atoms with Gasteiger partial charge in [0.05, 0.1) is 12.0 Å². The van der Waals surface area contributed by atoms with Crippen LogP contribution < -0.4 is 5.32 Å². The van der Waals surface area contributed by atoms with Gasteiger partial charge in [-0.3, -0.25) is 9.59 Å². The van der Waals surface area contributed by atoms with E-state index in [1.165, 1.54) is 0 Å². The van der Waals surface area contributed by atoms with Gasteiger partial charge >= 0.3 is 0 Å². The standard InChI is InChI=1S/C20H28N2O2/c1-14(15-7-5-4-6-8-15)22-13-16(11-18(22)23)19(24)21-17-9-10-20(2,3)12-17/h4-8,14,16-17H,9-13H2,1-3H3,(H,21,24). The molecule has 2 amide bonds. The Balaban J connectivity index is 1.59. The Morgan fingerprint density at radius 3 is 2.62 bits per heavy atom. The van der Waals surface area contributed by atoms with Crippen molar-refractivity contribution in [1.29, 1.82) is 0 Å². The van der Waals surface area contributed by atoms with E-state index in [0.717, 1.165) is 24.8 Å². The molecule has 0 aromatic heterocycles. The van der Waals surface area contributed by atoms with Crippen molar-refractivity contribution in [3.63, 3.8) is 0 Å². The van der Waals surface area contributed by atoms with Gasteiger partial charge in [0.25, 0.3) is 0 Å². The van der Waals surface area contributed by atoms with Gasteiger partial charge in [0, 0.05) is 19.0 Å². The van der Waals surface area contributed by atoms with Crippen LogP contribution in [0.15, 0.2) is 30.3 Å². The Morgan fingerprint density at radius 1 is 1.29 bits per heavy atom. The van der Waals surface area contributed by atoms with Crippen LogP contribution in [0.25, 0.3) is 0 Å². The van der Waals surface area contributed by atoms with Gasteiger partial charge in [-0.2, -0.15) is 0 Å². The van der Waals surface area contributed by atoms with Crippen molar-refractivity contribution in [1.82, 2.24) is 10.2 Å². The summed E-state index contributed by atoms with van der Waals surface area (Å²) in [6, 6.07) is 10.3. The molecule has 24 heavy (non-hydrogen) atoms. The fourth-order valence-corrected chi connectivity index (χ4v) is 4.07. The molecule has 3 unspecified atom stereocenters. The first-order valence-corrected chi connectivity index (χ1v) is 9.00. The van der Waals surface area contributed by atoms with Gasteiger partial charge in [-0.25, -0.2) is 0 Å². The van der Waals surface area contributed by atoms with E-state index < -0.39 is 0 Å². The number of carbonyl (C=O) groups excluding carboxylic acids is 2. The first kappa shape index (κ1) is 17.0. The Kier molecular flexibility index (Phi) is 4.66. The lowest BCUT2D eigenvalue weighted by Gasteiger charge is -2.25. The highest BCUT2D eigenvalue weighted by molar-refractivity contribution is 5.89. The molecular formula is C20H28N2O2. The number of nitrogens with one attached hydrogen (secondary N) is 1. The largest absolute Gasteiger partial charge is 0.353 e.